The minimum atomic E-state index is -0.246. The lowest BCUT2D eigenvalue weighted by Gasteiger charge is -2.03. The van der Waals surface area contributed by atoms with Gasteiger partial charge in [0.05, 0.1) is 13.2 Å². The molecule has 0 aliphatic heterocycles. The van der Waals surface area contributed by atoms with Gasteiger partial charge in [-0.3, -0.25) is 4.79 Å². The van der Waals surface area contributed by atoms with Crippen molar-refractivity contribution in [1.29, 1.82) is 0 Å². The average Bonchev–Trinajstić information content (AvgIpc) is 2.59. The zero-order valence-electron chi connectivity index (χ0n) is 15.8. The van der Waals surface area contributed by atoms with Crippen LogP contribution in [-0.2, 0) is 9.53 Å². The van der Waals surface area contributed by atoms with Crippen molar-refractivity contribution < 1.29 is 14.6 Å². The number of aliphatic hydroxyl groups excluding tert-OH is 1. The first-order valence-corrected chi connectivity index (χ1v) is 9.77. The van der Waals surface area contributed by atoms with Crippen molar-refractivity contribution in [2.24, 2.45) is 0 Å². The molecule has 3 heteroatoms. The Balaban J connectivity index is 3.27. The van der Waals surface area contributed by atoms with E-state index in [1.54, 1.807) is 0 Å². The van der Waals surface area contributed by atoms with Crippen molar-refractivity contribution in [3.05, 3.63) is 24.3 Å². The summed E-state index contributed by atoms with van der Waals surface area (Å²) in [4.78, 5) is 10.9. The van der Waals surface area contributed by atoms with E-state index in [-0.39, 0.29) is 12.1 Å². The van der Waals surface area contributed by atoms with Gasteiger partial charge in [0, 0.05) is 6.42 Å². The summed E-state index contributed by atoms with van der Waals surface area (Å²) in [6.45, 7) is 2.15. The van der Waals surface area contributed by atoms with Gasteiger partial charge in [-0.2, -0.15) is 0 Å². The first kappa shape index (κ1) is 22.9. The van der Waals surface area contributed by atoms with Crippen molar-refractivity contribution in [3.8, 4) is 0 Å². The third-order valence-electron chi connectivity index (χ3n) is 4.10. The average molecular weight is 339 g/mol. The predicted octanol–water partition coefficient (Wildman–Crippen LogP) is 5.72. The molecule has 0 aliphatic carbocycles. The Morgan fingerprint density at radius 1 is 0.917 bits per heavy atom. The molecule has 0 rings (SSSR count). The Morgan fingerprint density at radius 3 is 2.12 bits per heavy atom. The molecule has 0 aromatic heterocycles. The van der Waals surface area contributed by atoms with Crippen LogP contribution in [0.2, 0.25) is 0 Å². The Morgan fingerprint density at radius 2 is 1.50 bits per heavy atom. The van der Waals surface area contributed by atoms with E-state index in [1.165, 1.54) is 39.2 Å². The summed E-state index contributed by atoms with van der Waals surface area (Å²) in [5.74, 6) is -0.117. The van der Waals surface area contributed by atoms with Gasteiger partial charge in [0.25, 0.3) is 0 Å². The highest BCUT2D eigenvalue weighted by molar-refractivity contribution is 5.68. The van der Waals surface area contributed by atoms with E-state index < -0.39 is 0 Å². The lowest BCUT2D eigenvalue weighted by molar-refractivity contribution is -0.140. The lowest BCUT2D eigenvalue weighted by Crippen LogP contribution is -2.00. The fourth-order valence-electron chi connectivity index (χ4n) is 2.52. The minimum Gasteiger partial charge on any atom is -0.469 e. The van der Waals surface area contributed by atoms with E-state index in [0.717, 1.165) is 44.9 Å². The van der Waals surface area contributed by atoms with Gasteiger partial charge in [-0.1, -0.05) is 63.3 Å². The fraction of sp³-hybridized carbons (Fsp3) is 0.762. The molecule has 0 aliphatic rings. The van der Waals surface area contributed by atoms with Crippen LogP contribution in [0.15, 0.2) is 24.3 Å². The van der Waals surface area contributed by atoms with E-state index in [0.29, 0.717) is 6.42 Å². The molecule has 0 bridgehead atoms. The molecule has 24 heavy (non-hydrogen) atoms. The van der Waals surface area contributed by atoms with Crippen molar-refractivity contribution in [1.82, 2.24) is 0 Å². The molecule has 140 valence electrons. The monoisotopic (exact) mass is 338 g/mol. The second-order valence-electron chi connectivity index (χ2n) is 6.42. The zero-order chi connectivity index (χ0) is 17.9. The van der Waals surface area contributed by atoms with Gasteiger partial charge in [-0.15, -0.1) is 0 Å². The molecular weight excluding hydrogens is 300 g/mol. The number of carbonyl (C=O) groups is 1. The lowest BCUT2D eigenvalue weighted by atomic mass is 10.1. The van der Waals surface area contributed by atoms with E-state index in [2.05, 4.69) is 29.9 Å². The van der Waals surface area contributed by atoms with Crippen LogP contribution in [0, 0.1) is 0 Å². The normalized spacial score (nSPS) is 13.0. The van der Waals surface area contributed by atoms with E-state index in [1.807, 2.05) is 6.08 Å². The van der Waals surface area contributed by atoms with Crippen LogP contribution in [0.3, 0.4) is 0 Å². The van der Waals surface area contributed by atoms with Crippen molar-refractivity contribution >= 4 is 5.97 Å². The number of esters is 1. The number of unbranched alkanes of at least 4 members (excludes halogenated alkanes) is 8. The van der Waals surface area contributed by atoms with Crippen LogP contribution < -0.4 is 0 Å². The summed E-state index contributed by atoms with van der Waals surface area (Å²) in [5, 5.41) is 9.68. The second-order valence-corrected chi connectivity index (χ2v) is 6.42. The Bertz CT molecular complexity index is 334. The Hall–Kier alpha value is -1.09. The quantitative estimate of drug-likeness (QED) is 0.222. The molecule has 0 heterocycles. The summed E-state index contributed by atoms with van der Waals surface area (Å²) >= 11 is 0. The summed E-state index contributed by atoms with van der Waals surface area (Å²) in [6, 6.07) is 0. The highest BCUT2D eigenvalue weighted by Crippen LogP contribution is 2.09. The maximum absolute atomic E-state index is 10.9. The third kappa shape index (κ3) is 17.3. The van der Waals surface area contributed by atoms with Gasteiger partial charge in [-0.05, 0) is 44.9 Å². The summed E-state index contributed by atoms with van der Waals surface area (Å²) < 4.78 is 4.60. The van der Waals surface area contributed by atoms with Gasteiger partial charge < -0.3 is 9.84 Å². The molecule has 1 unspecified atom stereocenters. The first-order valence-electron chi connectivity index (χ1n) is 9.77. The van der Waals surface area contributed by atoms with Crippen molar-refractivity contribution in [2.45, 2.75) is 96.5 Å². The molecule has 0 saturated carbocycles. The SMILES string of the molecule is CCCCC(O)C=CCCCCCCCC=CCCCC(=O)OC. The molecular formula is C21H38O3. The van der Waals surface area contributed by atoms with Crippen LogP contribution in [0.5, 0.6) is 0 Å². The molecule has 0 amide bonds. The molecule has 1 N–H and O–H groups in total. The number of hydrogen-bond donors (Lipinski definition) is 1. The molecule has 0 saturated heterocycles. The molecule has 0 radical (unpaired) electrons. The summed E-state index contributed by atoms with van der Waals surface area (Å²) in [5.41, 5.74) is 0. The number of rotatable bonds is 16. The van der Waals surface area contributed by atoms with Crippen molar-refractivity contribution in [3.63, 3.8) is 0 Å². The maximum atomic E-state index is 10.9. The van der Waals surface area contributed by atoms with Crippen LogP contribution in [-0.4, -0.2) is 24.3 Å². The van der Waals surface area contributed by atoms with Crippen LogP contribution in [0.4, 0.5) is 0 Å². The molecule has 3 nitrogen and oxygen atoms in total. The number of ether oxygens (including phenoxy) is 1. The number of allylic oxidation sites excluding steroid dienone is 3. The number of carbonyl (C=O) groups excluding carboxylic acids is 1. The molecule has 0 aromatic carbocycles. The topological polar surface area (TPSA) is 46.5 Å². The molecule has 0 fully saturated rings. The summed E-state index contributed by atoms with van der Waals surface area (Å²) in [7, 11) is 1.44. The fourth-order valence-corrected chi connectivity index (χ4v) is 2.52. The predicted molar refractivity (Wildman–Crippen MR) is 102 cm³/mol. The van der Waals surface area contributed by atoms with E-state index in [4.69, 9.17) is 0 Å². The highest BCUT2D eigenvalue weighted by atomic mass is 16.5. The molecule has 0 aromatic rings. The number of aliphatic hydroxyl groups is 1. The maximum Gasteiger partial charge on any atom is 0.305 e. The van der Waals surface area contributed by atoms with Gasteiger partial charge >= 0.3 is 5.97 Å². The van der Waals surface area contributed by atoms with E-state index >= 15 is 0 Å². The highest BCUT2D eigenvalue weighted by Gasteiger charge is 1.97. The number of methoxy groups -OCH3 is 1. The van der Waals surface area contributed by atoms with Crippen LogP contribution in [0.25, 0.3) is 0 Å². The minimum absolute atomic E-state index is 0.117. The molecule has 0 spiro atoms. The molecule has 1 atom stereocenters. The zero-order valence-corrected chi connectivity index (χ0v) is 15.8. The Labute approximate surface area is 149 Å². The van der Waals surface area contributed by atoms with Gasteiger partial charge in [0.15, 0.2) is 0 Å². The van der Waals surface area contributed by atoms with Gasteiger partial charge in [0.2, 0.25) is 0 Å². The van der Waals surface area contributed by atoms with Crippen LogP contribution >= 0.6 is 0 Å². The van der Waals surface area contributed by atoms with E-state index in [9.17, 15) is 9.90 Å². The van der Waals surface area contributed by atoms with Gasteiger partial charge in [-0.25, -0.2) is 0 Å². The Kier molecular flexibility index (Phi) is 17.4. The van der Waals surface area contributed by atoms with Crippen LogP contribution in [0.1, 0.15) is 90.4 Å². The standard InChI is InChI=1S/C21H38O3/c1-3-4-17-20(22)18-15-13-11-9-7-5-6-8-10-12-14-16-19-21(23)24-2/h10,12,15,18,20,22H,3-9,11,13-14,16-17,19H2,1-2H3. The largest absolute Gasteiger partial charge is 0.469 e. The first-order chi connectivity index (χ1) is 11.7. The number of hydrogen-bond acceptors (Lipinski definition) is 3. The van der Waals surface area contributed by atoms with Gasteiger partial charge in [0.1, 0.15) is 0 Å². The summed E-state index contributed by atoms with van der Waals surface area (Å²) in [6.07, 6.45) is 22.3. The smallest absolute Gasteiger partial charge is 0.305 e. The second kappa shape index (κ2) is 18.3. The third-order valence-corrected chi connectivity index (χ3v) is 4.10. The van der Waals surface area contributed by atoms with Crippen molar-refractivity contribution in [2.75, 3.05) is 7.11 Å².